The summed E-state index contributed by atoms with van der Waals surface area (Å²) in [7, 11) is 1.62. The van der Waals surface area contributed by atoms with E-state index in [4.69, 9.17) is 4.74 Å². The number of carboxylic acid groups (broad SMARTS) is 1. The first-order valence-electron chi connectivity index (χ1n) is 6.12. The summed E-state index contributed by atoms with van der Waals surface area (Å²) in [5.41, 5.74) is -1.16. The highest BCUT2D eigenvalue weighted by Gasteiger charge is 2.40. The Balaban J connectivity index is 2.13. The van der Waals surface area contributed by atoms with E-state index in [9.17, 15) is 14.7 Å². The van der Waals surface area contributed by atoms with Crippen molar-refractivity contribution >= 4 is 11.8 Å². The lowest BCUT2D eigenvalue weighted by Gasteiger charge is -2.33. The number of hydrogen-bond donors (Lipinski definition) is 2. The lowest BCUT2D eigenvalue weighted by Crippen LogP contribution is -2.43. The van der Waals surface area contributed by atoms with Gasteiger partial charge in [-0.05, 0) is 12.8 Å². The quantitative estimate of drug-likeness (QED) is 0.802. The number of anilines is 1. The molecule has 2 N–H and O–H groups in total. The van der Waals surface area contributed by atoms with Crippen LogP contribution in [0.3, 0.4) is 0 Å². The maximum Gasteiger partial charge on any atom is 0.311 e. The maximum absolute atomic E-state index is 11.8. The second-order valence-electron chi connectivity index (χ2n) is 4.74. The zero-order valence-corrected chi connectivity index (χ0v) is 10.8. The number of nitrogens with zero attached hydrogens (tertiary/aromatic N) is 2. The van der Waals surface area contributed by atoms with Crippen LogP contribution in [0.25, 0.3) is 0 Å². The van der Waals surface area contributed by atoms with Gasteiger partial charge in [0, 0.05) is 39.2 Å². The van der Waals surface area contributed by atoms with E-state index in [0.29, 0.717) is 26.1 Å². The van der Waals surface area contributed by atoms with E-state index < -0.39 is 11.4 Å². The van der Waals surface area contributed by atoms with Gasteiger partial charge in [-0.1, -0.05) is 0 Å². The van der Waals surface area contributed by atoms with E-state index in [1.54, 1.807) is 13.2 Å². The first-order chi connectivity index (χ1) is 9.05. The van der Waals surface area contributed by atoms with Crippen molar-refractivity contribution in [3.63, 3.8) is 0 Å². The van der Waals surface area contributed by atoms with Gasteiger partial charge in [-0.3, -0.25) is 9.59 Å². The fourth-order valence-corrected chi connectivity index (χ4v) is 2.10. The first kappa shape index (κ1) is 13.5. The van der Waals surface area contributed by atoms with E-state index in [1.165, 1.54) is 10.8 Å². The molecule has 0 saturated carbocycles. The van der Waals surface area contributed by atoms with Gasteiger partial charge >= 0.3 is 5.97 Å². The van der Waals surface area contributed by atoms with E-state index in [2.05, 4.69) is 10.3 Å². The SMILES string of the molecule is Cn1ccnc(NCC2(C(=O)O)CCOCC2)c1=O. The number of hydrogen-bond acceptors (Lipinski definition) is 5. The summed E-state index contributed by atoms with van der Waals surface area (Å²) in [5, 5.41) is 12.3. The molecule has 104 valence electrons. The Bertz CT molecular complexity index is 520. The number of nitrogens with one attached hydrogen (secondary N) is 1. The highest BCUT2D eigenvalue weighted by Crippen LogP contribution is 2.30. The Morgan fingerprint density at radius 1 is 1.58 bits per heavy atom. The number of carbonyl (C=O) groups is 1. The number of aliphatic carboxylic acids is 1. The van der Waals surface area contributed by atoms with Crippen LogP contribution in [0.4, 0.5) is 5.82 Å². The molecule has 0 aromatic carbocycles. The van der Waals surface area contributed by atoms with Crippen molar-refractivity contribution in [2.75, 3.05) is 25.1 Å². The largest absolute Gasteiger partial charge is 0.481 e. The molecule has 1 fully saturated rings. The average molecular weight is 267 g/mol. The molecule has 0 atom stereocenters. The van der Waals surface area contributed by atoms with Gasteiger partial charge in [-0.15, -0.1) is 0 Å². The average Bonchev–Trinajstić information content (AvgIpc) is 2.41. The molecule has 1 aromatic heterocycles. The zero-order chi connectivity index (χ0) is 13.9. The van der Waals surface area contributed by atoms with Gasteiger partial charge in [-0.25, -0.2) is 4.98 Å². The molecule has 0 spiro atoms. The van der Waals surface area contributed by atoms with Crippen molar-refractivity contribution in [3.05, 3.63) is 22.7 Å². The van der Waals surface area contributed by atoms with Gasteiger partial charge in [0.2, 0.25) is 0 Å². The van der Waals surface area contributed by atoms with E-state index in [-0.39, 0.29) is 17.9 Å². The first-order valence-corrected chi connectivity index (χ1v) is 6.12. The minimum Gasteiger partial charge on any atom is -0.481 e. The molecule has 7 heteroatoms. The molecule has 7 nitrogen and oxygen atoms in total. The lowest BCUT2D eigenvalue weighted by atomic mass is 9.80. The van der Waals surface area contributed by atoms with Crippen LogP contribution in [0.15, 0.2) is 17.2 Å². The normalized spacial score (nSPS) is 17.9. The second-order valence-corrected chi connectivity index (χ2v) is 4.74. The molecule has 0 unspecified atom stereocenters. The van der Waals surface area contributed by atoms with Crippen molar-refractivity contribution in [1.82, 2.24) is 9.55 Å². The molecular weight excluding hydrogens is 250 g/mol. The lowest BCUT2D eigenvalue weighted by molar-refractivity contribution is -0.153. The van der Waals surface area contributed by atoms with Crippen molar-refractivity contribution in [1.29, 1.82) is 0 Å². The van der Waals surface area contributed by atoms with Crippen molar-refractivity contribution in [2.24, 2.45) is 12.5 Å². The van der Waals surface area contributed by atoms with Crippen molar-refractivity contribution in [2.45, 2.75) is 12.8 Å². The summed E-state index contributed by atoms with van der Waals surface area (Å²) in [4.78, 5) is 27.2. The van der Waals surface area contributed by atoms with Gasteiger partial charge in [0.25, 0.3) is 5.56 Å². The molecular formula is C12H17N3O4. The zero-order valence-electron chi connectivity index (χ0n) is 10.8. The third-order valence-electron chi connectivity index (χ3n) is 3.51. The van der Waals surface area contributed by atoms with Gasteiger partial charge in [0.05, 0.1) is 5.41 Å². The fraction of sp³-hybridized carbons (Fsp3) is 0.583. The van der Waals surface area contributed by atoms with E-state index in [1.807, 2.05) is 0 Å². The van der Waals surface area contributed by atoms with Crippen molar-refractivity contribution < 1.29 is 14.6 Å². The fourth-order valence-electron chi connectivity index (χ4n) is 2.10. The molecule has 2 heterocycles. The molecule has 0 bridgehead atoms. The number of rotatable bonds is 4. The summed E-state index contributed by atoms with van der Waals surface area (Å²) in [6, 6.07) is 0. The van der Waals surface area contributed by atoms with Crippen LogP contribution in [-0.4, -0.2) is 40.4 Å². The Hall–Kier alpha value is -1.89. The third-order valence-corrected chi connectivity index (χ3v) is 3.51. The van der Waals surface area contributed by atoms with Crippen molar-refractivity contribution in [3.8, 4) is 0 Å². The number of aromatic nitrogens is 2. The predicted molar refractivity (Wildman–Crippen MR) is 68.1 cm³/mol. The Kier molecular flexibility index (Phi) is 3.84. The van der Waals surface area contributed by atoms with Gasteiger partial charge in [0.15, 0.2) is 5.82 Å². The predicted octanol–water partition coefficient (Wildman–Crippen LogP) is 0.0736. The molecule has 0 radical (unpaired) electrons. The highest BCUT2D eigenvalue weighted by atomic mass is 16.5. The summed E-state index contributed by atoms with van der Waals surface area (Å²) in [6.45, 7) is 1.03. The number of carboxylic acids is 1. The van der Waals surface area contributed by atoms with Gasteiger partial charge < -0.3 is 19.7 Å². The smallest absolute Gasteiger partial charge is 0.311 e. The third kappa shape index (κ3) is 2.76. The Morgan fingerprint density at radius 2 is 2.26 bits per heavy atom. The van der Waals surface area contributed by atoms with E-state index in [0.717, 1.165) is 0 Å². The Labute approximate surface area is 110 Å². The maximum atomic E-state index is 11.8. The molecule has 1 saturated heterocycles. The number of aryl methyl sites for hydroxylation is 1. The topological polar surface area (TPSA) is 93.5 Å². The minimum absolute atomic E-state index is 0.178. The standard InChI is InChI=1S/C12H17N3O4/c1-15-5-4-13-9(10(15)16)14-8-12(11(17)18)2-6-19-7-3-12/h4-5H,2-3,6-8H2,1H3,(H,13,14)(H,17,18). The van der Waals surface area contributed by atoms with Gasteiger partial charge in [0.1, 0.15) is 0 Å². The monoisotopic (exact) mass is 267 g/mol. The summed E-state index contributed by atoms with van der Waals surface area (Å²) in [6.07, 6.45) is 3.92. The summed E-state index contributed by atoms with van der Waals surface area (Å²) >= 11 is 0. The molecule has 0 amide bonds. The Morgan fingerprint density at radius 3 is 2.89 bits per heavy atom. The molecule has 1 aliphatic heterocycles. The second kappa shape index (κ2) is 5.40. The van der Waals surface area contributed by atoms with Crippen LogP contribution >= 0.6 is 0 Å². The van der Waals surface area contributed by atoms with Crippen LogP contribution in [0, 0.1) is 5.41 Å². The van der Waals surface area contributed by atoms with Crippen LogP contribution in [0.2, 0.25) is 0 Å². The minimum atomic E-state index is -0.888. The molecule has 19 heavy (non-hydrogen) atoms. The van der Waals surface area contributed by atoms with Gasteiger partial charge in [-0.2, -0.15) is 0 Å². The molecule has 1 aliphatic rings. The molecule has 2 rings (SSSR count). The molecule has 0 aliphatic carbocycles. The van der Waals surface area contributed by atoms with Crippen LogP contribution in [0.5, 0.6) is 0 Å². The summed E-state index contributed by atoms with van der Waals surface area (Å²) < 4.78 is 6.59. The highest BCUT2D eigenvalue weighted by molar-refractivity contribution is 5.75. The van der Waals surface area contributed by atoms with Crippen LogP contribution in [-0.2, 0) is 16.6 Å². The van der Waals surface area contributed by atoms with E-state index >= 15 is 0 Å². The summed E-state index contributed by atoms with van der Waals surface area (Å²) in [5.74, 6) is -0.687. The van der Waals surface area contributed by atoms with Crippen LogP contribution < -0.4 is 10.9 Å². The number of ether oxygens (including phenoxy) is 1. The van der Waals surface area contributed by atoms with Crippen LogP contribution in [0.1, 0.15) is 12.8 Å². The molecule has 1 aromatic rings.